The zero-order valence-corrected chi connectivity index (χ0v) is 33.0. The summed E-state index contributed by atoms with van der Waals surface area (Å²) in [7, 11) is 0. The van der Waals surface area contributed by atoms with Crippen molar-refractivity contribution in [2.45, 2.75) is 83.2 Å². The highest BCUT2D eigenvalue weighted by Gasteiger charge is 2.31. The van der Waals surface area contributed by atoms with Crippen molar-refractivity contribution in [3.05, 3.63) is 83.9 Å². The van der Waals surface area contributed by atoms with Gasteiger partial charge in [0.15, 0.2) is 0 Å². The standard InChI is InChI=1S/C39H51N9O11/c1-21(2)32(34(41)53)47-36(55)23(4)44-38(57)33(25-13-9-6-10-14-25)48-37(56)26(15-16-28(40)49)45-30(51)18-17-29(50)43-22(3)35(54)42-20-31(52)46-27(39(58)59)19-24-11-7-5-8-12-24/h5-14,17-18,21-23,26-27,32-33H,15-16,19-20H2,1-4H3,(H2,40,49)(H2,41,53)(H,42,54)(H,43,50)(H,44,57)(H,45,51)(H,46,52)(H,47,55)(H,48,56)(H,58,59)/b18-17+/t22-,23-,26-,27-,32-,33-/m0/s1. The first-order valence-electron chi connectivity index (χ1n) is 18.5. The maximum Gasteiger partial charge on any atom is 0.326 e. The molecule has 20 heteroatoms. The van der Waals surface area contributed by atoms with Gasteiger partial charge in [-0.05, 0) is 37.3 Å². The second-order valence-corrected chi connectivity index (χ2v) is 13.7. The molecule has 0 radical (unpaired) electrons. The van der Waals surface area contributed by atoms with Crippen LogP contribution >= 0.6 is 0 Å². The van der Waals surface area contributed by atoms with Crippen LogP contribution in [0.1, 0.15) is 57.7 Å². The molecular formula is C39H51N9O11. The van der Waals surface area contributed by atoms with Gasteiger partial charge in [0.1, 0.15) is 36.3 Å². The second-order valence-electron chi connectivity index (χ2n) is 13.7. The molecule has 318 valence electrons. The Labute approximate surface area is 340 Å². The Kier molecular flexibility index (Phi) is 19.4. The number of amides is 9. The van der Waals surface area contributed by atoms with E-state index in [2.05, 4.69) is 37.2 Å². The van der Waals surface area contributed by atoms with Gasteiger partial charge in [-0.2, -0.15) is 0 Å². The molecule has 2 aromatic rings. The number of carbonyl (C=O) groups excluding carboxylic acids is 9. The van der Waals surface area contributed by atoms with Gasteiger partial charge in [-0.15, -0.1) is 0 Å². The smallest absolute Gasteiger partial charge is 0.326 e. The lowest BCUT2D eigenvalue weighted by molar-refractivity contribution is -0.141. The van der Waals surface area contributed by atoms with Gasteiger partial charge in [-0.25, -0.2) is 4.79 Å². The number of benzene rings is 2. The SMILES string of the molecule is CC(C)[C@H](NC(=O)[C@H](C)NC(=O)[C@@H](NC(=O)[C@H](CCC(N)=O)NC(=O)/C=C/C(=O)N[C@@H](C)C(=O)NCC(=O)N[C@@H](Cc1ccccc1)C(=O)O)c1ccccc1)C(N)=O. The highest BCUT2D eigenvalue weighted by molar-refractivity contribution is 6.01. The maximum absolute atomic E-state index is 13.5. The molecule has 2 rings (SSSR count). The summed E-state index contributed by atoms with van der Waals surface area (Å²) in [4.78, 5) is 125. The fourth-order valence-electron chi connectivity index (χ4n) is 5.26. The third kappa shape index (κ3) is 17.3. The molecule has 6 atom stereocenters. The van der Waals surface area contributed by atoms with Crippen LogP contribution in [0.25, 0.3) is 0 Å². The van der Waals surface area contributed by atoms with E-state index in [-0.39, 0.29) is 30.7 Å². The van der Waals surface area contributed by atoms with Gasteiger partial charge in [0.05, 0.1) is 6.54 Å². The number of primary amides is 2. The molecule has 2 aromatic carbocycles. The van der Waals surface area contributed by atoms with E-state index >= 15 is 0 Å². The lowest BCUT2D eigenvalue weighted by atomic mass is 10.0. The third-order valence-electron chi connectivity index (χ3n) is 8.49. The molecule has 0 saturated carbocycles. The Hall–Kier alpha value is -7.12. The Morgan fingerprint density at radius 2 is 1.19 bits per heavy atom. The predicted octanol–water partition coefficient (Wildman–Crippen LogP) is -2.29. The summed E-state index contributed by atoms with van der Waals surface area (Å²) < 4.78 is 0. The molecule has 0 unspecified atom stereocenters. The molecule has 0 fully saturated rings. The van der Waals surface area contributed by atoms with E-state index in [9.17, 15) is 53.1 Å². The molecule has 0 aliphatic carbocycles. The van der Waals surface area contributed by atoms with Gasteiger partial charge in [0.25, 0.3) is 0 Å². The summed E-state index contributed by atoms with van der Waals surface area (Å²) in [5.74, 6) is -9.20. The highest BCUT2D eigenvalue weighted by Crippen LogP contribution is 2.15. The fourth-order valence-corrected chi connectivity index (χ4v) is 5.26. The highest BCUT2D eigenvalue weighted by atomic mass is 16.4. The number of carboxylic acids is 1. The number of nitrogens with two attached hydrogens (primary N) is 2. The van der Waals surface area contributed by atoms with Crippen LogP contribution in [-0.2, 0) is 54.4 Å². The molecule has 0 heterocycles. The zero-order valence-electron chi connectivity index (χ0n) is 33.0. The summed E-state index contributed by atoms with van der Waals surface area (Å²) in [6, 6.07) is 8.90. The van der Waals surface area contributed by atoms with E-state index in [0.29, 0.717) is 5.56 Å². The van der Waals surface area contributed by atoms with E-state index in [0.717, 1.165) is 12.2 Å². The Morgan fingerprint density at radius 3 is 1.73 bits per heavy atom. The van der Waals surface area contributed by atoms with E-state index in [1.807, 2.05) is 0 Å². The van der Waals surface area contributed by atoms with Crippen LogP contribution in [0, 0.1) is 5.92 Å². The summed E-state index contributed by atoms with van der Waals surface area (Å²) in [5, 5.41) is 26.2. The van der Waals surface area contributed by atoms with Crippen LogP contribution in [-0.4, -0.2) is 101 Å². The average molecular weight is 822 g/mol. The fraction of sp³-hybridized carbons (Fsp3) is 0.385. The minimum Gasteiger partial charge on any atom is -0.480 e. The molecule has 9 amide bonds. The minimum absolute atomic E-state index is 0.00559. The molecule has 0 saturated heterocycles. The number of hydrogen-bond acceptors (Lipinski definition) is 10. The number of nitrogens with one attached hydrogen (secondary N) is 7. The summed E-state index contributed by atoms with van der Waals surface area (Å²) in [6.45, 7) is 5.38. The van der Waals surface area contributed by atoms with E-state index in [1.54, 1.807) is 62.4 Å². The molecule has 0 aliphatic heterocycles. The second kappa shape index (κ2) is 23.8. The summed E-state index contributed by atoms with van der Waals surface area (Å²) in [5.41, 5.74) is 11.6. The van der Waals surface area contributed by atoms with Gasteiger partial charge >= 0.3 is 5.97 Å². The number of rotatable bonds is 23. The lowest BCUT2D eigenvalue weighted by Gasteiger charge is -2.25. The van der Waals surface area contributed by atoms with Crippen molar-refractivity contribution in [2.75, 3.05) is 6.54 Å². The molecular weight excluding hydrogens is 770 g/mol. The molecule has 0 aromatic heterocycles. The molecule has 0 spiro atoms. The topological polar surface area (TPSA) is 327 Å². The first-order chi connectivity index (χ1) is 27.8. The van der Waals surface area contributed by atoms with Crippen LogP contribution < -0.4 is 48.7 Å². The Balaban J connectivity index is 2.05. The summed E-state index contributed by atoms with van der Waals surface area (Å²) in [6.07, 6.45) is 0.821. The Morgan fingerprint density at radius 1 is 0.627 bits per heavy atom. The lowest BCUT2D eigenvalue weighted by Crippen LogP contribution is -2.55. The van der Waals surface area contributed by atoms with Crippen molar-refractivity contribution < 1.29 is 53.1 Å². The van der Waals surface area contributed by atoms with Gasteiger partial charge in [-0.1, -0.05) is 74.5 Å². The van der Waals surface area contributed by atoms with E-state index in [1.165, 1.54) is 26.0 Å². The van der Waals surface area contributed by atoms with E-state index < -0.39 is 102 Å². The quantitative estimate of drug-likeness (QED) is 0.0532. The van der Waals surface area contributed by atoms with Crippen molar-refractivity contribution >= 4 is 59.1 Å². The molecule has 0 bridgehead atoms. The number of hydrogen-bond donors (Lipinski definition) is 10. The Bertz CT molecular complexity index is 1870. The van der Waals surface area contributed by atoms with Crippen molar-refractivity contribution in [3.63, 3.8) is 0 Å². The van der Waals surface area contributed by atoms with Crippen molar-refractivity contribution in [1.82, 2.24) is 37.2 Å². The van der Waals surface area contributed by atoms with E-state index in [4.69, 9.17) is 11.5 Å². The number of carbonyl (C=O) groups is 10. The minimum atomic E-state index is -1.46. The molecule has 59 heavy (non-hydrogen) atoms. The zero-order chi connectivity index (χ0) is 44.2. The first-order valence-corrected chi connectivity index (χ1v) is 18.5. The average Bonchev–Trinajstić information content (AvgIpc) is 3.18. The normalized spacial score (nSPS) is 13.9. The number of carboxylic acid groups (broad SMARTS) is 1. The maximum atomic E-state index is 13.5. The monoisotopic (exact) mass is 821 g/mol. The van der Waals surface area contributed by atoms with Gasteiger partial charge in [0.2, 0.25) is 53.2 Å². The van der Waals surface area contributed by atoms with Crippen LogP contribution in [0.3, 0.4) is 0 Å². The molecule has 0 aliphatic rings. The van der Waals surface area contributed by atoms with Gasteiger partial charge < -0.3 is 53.8 Å². The molecule has 20 nitrogen and oxygen atoms in total. The van der Waals surface area contributed by atoms with Crippen molar-refractivity contribution in [3.8, 4) is 0 Å². The van der Waals surface area contributed by atoms with Crippen LogP contribution in [0.15, 0.2) is 72.8 Å². The number of aliphatic carboxylic acids is 1. The van der Waals surface area contributed by atoms with Crippen LogP contribution in [0.2, 0.25) is 0 Å². The van der Waals surface area contributed by atoms with Crippen molar-refractivity contribution in [2.24, 2.45) is 17.4 Å². The van der Waals surface area contributed by atoms with Gasteiger partial charge in [0, 0.05) is 25.0 Å². The first kappa shape index (κ1) is 48.0. The predicted molar refractivity (Wildman–Crippen MR) is 211 cm³/mol. The van der Waals surface area contributed by atoms with Crippen LogP contribution in [0.4, 0.5) is 0 Å². The summed E-state index contributed by atoms with van der Waals surface area (Å²) >= 11 is 0. The third-order valence-corrected chi connectivity index (χ3v) is 8.49. The van der Waals surface area contributed by atoms with Crippen molar-refractivity contribution in [1.29, 1.82) is 0 Å². The largest absolute Gasteiger partial charge is 0.480 e. The van der Waals surface area contributed by atoms with Crippen LogP contribution in [0.5, 0.6) is 0 Å². The van der Waals surface area contributed by atoms with Gasteiger partial charge in [-0.3, -0.25) is 43.2 Å². The molecule has 12 N–H and O–H groups in total.